The number of morpholine rings is 1. The third kappa shape index (κ3) is 2.91. The molecule has 0 saturated carbocycles. The molecule has 1 N–H and O–H groups in total. The molecule has 3 rings (SSSR count). The number of para-hydroxylation sites is 1. The van der Waals surface area contributed by atoms with Crippen molar-refractivity contribution in [1.82, 2.24) is 4.90 Å². The van der Waals surface area contributed by atoms with Crippen LogP contribution in [0.1, 0.15) is 38.7 Å². The van der Waals surface area contributed by atoms with Gasteiger partial charge in [0.25, 0.3) is 0 Å². The third-order valence-electron chi connectivity index (χ3n) is 4.26. The Labute approximate surface area is 126 Å². The number of carbonyl (C=O) groups excluding carboxylic acids is 1. The van der Waals surface area contributed by atoms with E-state index in [0.29, 0.717) is 13.1 Å². The minimum absolute atomic E-state index is 0.0245. The first-order valence-electron chi connectivity index (χ1n) is 7.76. The molecule has 1 saturated heterocycles. The van der Waals surface area contributed by atoms with Gasteiger partial charge in [0.15, 0.2) is 0 Å². The zero-order valence-corrected chi connectivity index (χ0v) is 13.1. The Hall–Kier alpha value is -1.55. The molecule has 0 aromatic heterocycles. The van der Waals surface area contributed by atoms with Gasteiger partial charge in [0.1, 0.15) is 0 Å². The van der Waals surface area contributed by atoms with Gasteiger partial charge in [0.05, 0.1) is 17.6 Å². The Balaban J connectivity index is 1.83. The number of amides is 1. The van der Waals surface area contributed by atoms with Crippen molar-refractivity contribution in [2.24, 2.45) is 0 Å². The summed E-state index contributed by atoms with van der Waals surface area (Å²) in [5.74, 6) is 0.218. The molecule has 2 aliphatic heterocycles. The van der Waals surface area contributed by atoms with Crippen LogP contribution < -0.4 is 5.32 Å². The van der Waals surface area contributed by atoms with E-state index in [9.17, 15) is 4.79 Å². The van der Waals surface area contributed by atoms with Crippen LogP contribution in [-0.2, 0) is 9.53 Å². The van der Waals surface area contributed by atoms with E-state index < -0.39 is 0 Å². The van der Waals surface area contributed by atoms with Crippen LogP contribution in [-0.4, -0.2) is 42.1 Å². The molecule has 21 heavy (non-hydrogen) atoms. The summed E-state index contributed by atoms with van der Waals surface area (Å²) in [6.07, 6.45) is 0.955. The first kappa shape index (κ1) is 14.4. The fourth-order valence-corrected chi connectivity index (χ4v) is 3.57. The molecule has 1 aromatic carbocycles. The molecule has 114 valence electrons. The predicted octanol–water partition coefficient (Wildman–Crippen LogP) is 2.61. The summed E-state index contributed by atoms with van der Waals surface area (Å²) in [5.41, 5.74) is 1.97. The van der Waals surface area contributed by atoms with Gasteiger partial charge < -0.3 is 15.0 Å². The van der Waals surface area contributed by atoms with Crippen molar-refractivity contribution in [3.05, 3.63) is 29.8 Å². The maximum absolute atomic E-state index is 13.0. The van der Waals surface area contributed by atoms with Crippen LogP contribution in [0.15, 0.2) is 24.3 Å². The highest BCUT2D eigenvalue weighted by molar-refractivity contribution is 5.86. The predicted molar refractivity (Wildman–Crippen MR) is 83.5 cm³/mol. The fourth-order valence-electron chi connectivity index (χ4n) is 3.57. The minimum atomic E-state index is -0.264. The quantitative estimate of drug-likeness (QED) is 0.863. The summed E-state index contributed by atoms with van der Waals surface area (Å²) in [7, 11) is 0. The van der Waals surface area contributed by atoms with E-state index in [1.54, 1.807) is 0 Å². The lowest BCUT2D eigenvalue weighted by molar-refractivity contribution is -0.159. The fraction of sp³-hybridized carbons (Fsp3) is 0.588. The summed E-state index contributed by atoms with van der Waals surface area (Å²) in [6, 6.07) is 8.15. The summed E-state index contributed by atoms with van der Waals surface area (Å²) >= 11 is 0. The summed E-state index contributed by atoms with van der Waals surface area (Å²) in [5, 5.41) is 3.38. The molecular formula is C17H24N2O2. The Morgan fingerprint density at radius 2 is 2.14 bits per heavy atom. The standard InChI is InChI=1S/C17H24N2O2/c1-12-10-19(11-17(2,3)21-12)16(20)14-8-9-18-15-7-5-4-6-13(14)15/h4-7,12,14,18H,8-11H2,1-3H3. The molecule has 0 spiro atoms. The molecular weight excluding hydrogens is 264 g/mol. The Morgan fingerprint density at radius 1 is 1.38 bits per heavy atom. The third-order valence-corrected chi connectivity index (χ3v) is 4.26. The second kappa shape index (κ2) is 5.34. The van der Waals surface area contributed by atoms with Gasteiger partial charge in [-0.05, 0) is 38.8 Å². The van der Waals surface area contributed by atoms with E-state index in [2.05, 4.69) is 31.3 Å². The zero-order chi connectivity index (χ0) is 15.0. The Kier molecular flexibility index (Phi) is 3.66. The van der Waals surface area contributed by atoms with Crippen LogP contribution in [0.4, 0.5) is 5.69 Å². The summed E-state index contributed by atoms with van der Waals surface area (Å²) in [4.78, 5) is 15.0. The number of fused-ring (bicyclic) bond motifs is 1. The van der Waals surface area contributed by atoms with Crippen molar-refractivity contribution in [1.29, 1.82) is 0 Å². The highest BCUT2D eigenvalue weighted by atomic mass is 16.5. The number of rotatable bonds is 1. The molecule has 1 aromatic rings. The van der Waals surface area contributed by atoms with Crippen molar-refractivity contribution < 1.29 is 9.53 Å². The van der Waals surface area contributed by atoms with Gasteiger partial charge in [-0.15, -0.1) is 0 Å². The van der Waals surface area contributed by atoms with E-state index >= 15 is 0 Å². The van der Waals surface area contributed by atoms with E-state index in [0.717, 1.165) is 24.2 Å². The van der Waals surface area contributed by atoms with Gasteiger partial charge in [-0.1, -0.05) is 18.2 Å². The van der Waals surface area contributed by atoms with E-state index in [1.807, 2.05) is 24.0 Å². The smallest absolute Gasteiger partial charge is 0.230 e. The normalized spacial score (nSPS) is 27.7. The molecule has 0 bridgehead atoms. The van der Waals surface area contributed by atoms with Crippen molar-refractivity contribution >= 4 is 11.6 Å². The van der Waals surface area contributed by atoms with Gasteiger partial charge in [-0.25, -0.2) is 0 Å². The zero-order valence-electron chi connectivity index (χ0n) is 13.1. The average molecular weight is 288 g/mol. The van der Waals surface area contributed by atoms with Gasteiger partial charge in [-0.2, -0.15) is 0 Å². The number of nitrogens with one attached hydrogen (secondary N) is 1. The minimum Gasteiger partial charge on any atom is -0.385 e. The molecule has 2 unspecified atom stereocenters. The Morgan fingerprint density at radius 3 is 2.90 bits per heavy atom. The van der Waals surface area contributed by atoms with Gasteiger partial charge >= 0.3 is 0 Å². The maximum atomic E-state index is 13.0. The van der Waals surface area contributed by atoms with Crippen LogP contribution in [0.2, 0.25) is 0 Å². The highest BCUT2D eigenvalue weighted by Crippen LogP contribution is 2.34. The molecule has 4 heteroatoms. The molecule has 4 nitrogen and oxygen atoms in total. The lowest BCUT2D eigenvalue weighted by atomic mass is 9.89. The number of ether oxygens (including phenoxy) is 1. The van der Waals surface area contributed by atoms with E-state index in [-0.39, 0.29) is 23.5 Å². The van der Waals surface area contributed by atoms with Gasteiger partial charge in [0.2, 0.25) is 5.91 Å². The average Bonchev–Trinajstić information content (AvgIpc) is 2.44. The Bertz CT molecular complexity index is 541. The van der Waals surface area contributed by atoms with E-state index in [1.165, 1.54) is 0 Å². The van der Waals surface area contributed by atoms with Crippen LogP contribution in [0, 0.1) is 0 Å². The highest BCUT2D eigenvalue weighted by Gasteiger charge is 2.37. The van der Waals surface area contributed by atoms with Crippen LogP contribution >= 0.6 is 0 Å². The summed E-state index contributed by atoms with van der Waals surface area (Å²) in [6.45, 7) is 8.36. The number of hydrogen-bond donors (Lipinski definition) is 1. The molecule has 2 heterocycles. The number of benzene rings is 1. The molecule has 1 fully saturated rings. The topological polar surface area (TPSA) is 41.6 Å². The molecule has 0 aliphatic carbocycles. The first-order chi connectivity index (χ1) is 9.96. The van der Waals surface area contributed by atoms with Crippen molar-refractivity contribution in [3.63, 3.8) is 0 Å². The second-order valence-corrected chi connectivity index (χ2v) is 6.76. The van der Waals surface area contributed by atoms with Crippen LogP contribution in [0.25, 0.3) is 0 Å². The van der Waals surface area contributed by atoms with Crippen LogP contribution in [0.5, 0.6) is 0 Å². The number of anilines is 1. The number of carbonyl (C=O) groups is 1. The SMILES string of the molecule is CC1CN(C(=O)C2CCNc3ccccc32)CC(C)(C)O1. The maximum Gasteiger partial charge on any atom is 0.230 e. The number of hydrogen-bond acceptors (Lipinski definition) is 3. The monoisotopic (exact) mass is 288 g/mol. The molecule has 0 radical (unpaired) electrons. The number of nitrogens with zero attached hydrogens (tertiary/aromatic N) is 1. The molecule has 2 aliphatic rings. The second-order valence-electron chi connectivity index (χ2n) is 6.76. The first-order valence-corrected chi connectivity index (χ1v) is 7.76. The van der Waals surface area contributed by atoms with Gasteiger partial charge in [-0.3, -0.25) is 4.79 Å². The van der Waals surface area contributed by atoms with Crippen LogP contribution in [0.3, 0.4) is 0 Å². The molecule has 2 atom stereocenters. The lowest BCUT2D eigenvalue weighted by Crippen LogP contribution is -2.55. The lowest BCUT2D eigenvalue weighted by Gasteiger charge is -2.43. The van der Waals surface area contributed by atoms with Crippen molar-refractivity contribution in [2.75, 3.05) is 25.0 Å². The van der Waals surface area contributed by atoms with Crippen molar-refractivity contribution in [2.45, 2.75) is 44.8 Å². The summed E-state index contributed by atoms with van der Waals surface area (Å²) < 4.78 is 5.90. The molecule has 1 amide bonds. The largest absolute Gasteiger partial charge is 0.385 e. The van der Waals surface area contributed by atoms with E-state index in [4.69, 9.17) is 4.74 Å². The van der Waals surface area contributed by atoms with Crippen molar-refractivity contribution in [3.8, 4) is 0 Å². The van der Waals surface area contributed by atoms with Gasteiger partial charge in [0, 0.05) is 25.3 Å².